The van der Waals surface area contributed by atoms with Gasteiger partial charge in [0, 0.05) is 6.07 Å². The maximum Gasteiger partial charge on any atom is 0.278 e. The van der Waals surface area contributed by atoms with Crippen molar-refractivity contribution in [1.29, 1.82) is 0 Å². The molecule has 0 fully saturated rings. The number of aryl methyl sites for hydroxylation is 1. The number of carbonyl (C=O) groups excluding carboxylic acids is 1. The predicted octanol–water partition coefficient (Wildman–Crippen LogP) is 4.65. The molecule has 152 valence electrons. The smallest absolute Gasteiger partial charge is 0.278 e. The maximum atomic E-state index is 13.8. The molecule has 1 heterocycles. The van der Waals surface area contributed by atoms with Crippen LogP contribution in [0.5, 0.6) is 5.75 Å². The summed E-state index contributed by atoms with van der Waals surface area (Å²) in [7, 11) is 0. The van der Waals surface area contributed by atoms with Gasteiger partial charge in [0.15, 0.2) is 29.0 Å². The molecule has 5 nitrogen and oxygen atoms in total. The second-order valence-corrected chi connectivity index (χ2v) is 5.71. The molecule has 0 unspecified atom stereocenters. The molecule has 29 heavy (non-hydrogen) atoms. The SMILES string of the molecule is Cc1onc(C(=O)Nc2c(F)c(F)c(F)c(F)c2F)c1COc1cccc(F)c1. The number of nitrogens with zero attached hydrogens (tertiary/aromatic N) is 1. The van der Waals surface area contributed by atoms with E-state index in [2.05, 4.69) is 5.16 Å². The first-order chi connectivity index (χ1) is 13.7. The van der Waals surface area contributed by atoms with E-state index in [0.717, 1.165) is 6.07 Å². The van der Waals surface area contributed by atoms with E-state index in [0.29, 0.717) is 0 Å². The van der Waals surface area contributed by atoms with Crippen molar-refractivity contribution in [2.24, 2.45) is 0 Å². The largest absolute Gasteiger partial charge is 0.489 e. The number of ether oxygens (including phenoxy) is 1. The minimum atomic E-state index is -2.36. The summed E-state index contributed by atoms with van der Waals surface area (Å²) >= 11 is 0. The van der Waals surface area contributed by atoms with Crippen molar-refractivity contribution in [3.05, 3.63) is 76.2 Å². The van der Waals surface area contributed by atoms with Gasteiger partial charge in [-0.3, -0.25) is 4.79 Å². The van der Waals surface area contributed by atoms with Crippen LogP contribution in [0.3, 0.4) is 0 Å². The Hall–Kier alpha value is -3.50. The lowest BCUT2D eigenvalue weighted by molar-refractivity contribution is 0.101. The van der Waals surface area contributed by atoms with Gasteiger partial charge in [-0.25, -0.2) is 26.3 Å². The summed E-state index contributed by atoms with van der Waals surface area (Å²) in [4.78, 5) is 12.3. The molecular weight excluding hydrogens is 406 g/mol. The number of amides is 1. The van der Waals surface area contributed by atoms with Gasteiger partial charge in [0.05, 0.1) is 5.56 Å². The summed E-state index contributed by atoms with van der Waals surface area (Å²) in [6, 6.07) is 5.06. The first kappa shape index (κ1) is 20.2. The Morgan fingerprint density at radius 3 is 2.28 bits per heavy atom. The van der Waals surface area contributed by atoms with Gasteiger partial charge in [-0.1, -0.05) is 11.2 Å². The summed E-state index contributed by atoms with van der Waals surface area (Å²) in [5.74, 6) is -12.9. The zero-order valence-corrected chi connectivity index (χ0v) is 14.5. The Kier molecular flexibility index (Phi) is 5.48. The van der Waals surface area contributed by atoms with Crippen molar-refractivity contribution in [3.63, 3.8) is 0 Å². The van der Waals surface area contributed by atoms with E-state index in [-0.39, 0.29) is 23.7 Å². The average Bonchev–Trinajstić information content (AvgIpc) is 3.07. The highest BCUT2D eigenvalue weighted by molar-refractivity contribution is 6.04. The van der Waals surface area contributed by atoms with Gasteiger partial charge >= 0.3 is 0 Å². The minimum absolute atomic E-state index is 0.0237. The molecule has 0 saturated carbocycles. The van der Waals surface area contributed by atoms with E-state index in [1.165, 1.54) is 25.1 Å². The summed E-state index contributed by atoms with van der Waals surface area (Å²) in [5, 5.41) is 5.01. The quantitative estimate of drug-likeness (QED) is 0.374. The fourth-order valence-corrected chi connectivity index (χ4v) is 2.34. The third-order valence-corrected chi connectivity index (χ3v) is 3.83. The fourth-order valence-electron chi connectivity index (χ4n) is 2.34. The molecule has 0 aliphatic rings. The first-order valence-corrected chi connectivity index (χ1v) is 7.87. The molecule has 0 aliphatic carbocycles. The lowest BCUT2D eigenvalue weighted by Crippen LogP contribution is -2.19. The van der Waals surface area contributed by atoms with Crippen LogP contribution in [0.2, 0.25) is 0 Å². The number of nitrogens with one attached hydrogen (secondary N) is 1. The number of halogens is 6. The van der Waals surface area contributed by atoms with Crippen LogP contribution in [-0.2, 0) is 6.61 Å². The first-order valence-electron chi connectivity index (χ1n) is 7.87. The topological polar surface area (TPSA) is 64.4 Å². The van der Waals surface area contributed by atoms with Crippen LogP contribution in [0, 0.1) is 41.8 Å². The number of hydrogen-bond acceptors (Lipinski definition) is 4. The minimum Gasteiger partial charge on any atom is -0.489 e. The number of aromatic nitrogens is 1. The fraction of sp³-hybridized carbons (Fsp3) is 0.111. The summed E-state index contributed by atoms with van der Waals surface area (Å²) in [6.07, 6.45) is 0. The third-order valence-electron chi connectivity index (χ3n) is 3.83. The molecule has 0 radical (unpaired) electrons. The summed E-state index contributed by atoms with van der Waals surface area (Å²) in [6.45, 7) is 1.05. The van der Waals surface area contributed by atoms with Gasteiger partial charge < -0.3 is 14.6 Å². The lowest BCUT2D eigenvalue weighted by Gasteiger charge is -2.10. The van der Waals surface area contributed by atoms with Crippen molar-refractivity contribution in [1.82, 2.24) is 5.16 Å². The Balaban J connectivity index is 1.86. The standard InChI is InChI=1S/C18H10F6N2O3/c1-7-10(6-28-9-4-2-3-8(19)5-9)16(26-29-7)18(27)25-17-14(23)12(21)11(20)13(22)15(17)24/h2-5H,6H2,1H3,(H,25,27). The molecule has 1 aromatic heterocycles. The predicted molar refractivity (Wildman–Crippen MR) is 86.2 cm³/mol. The van der Waals surface area contributed by atoms with Crippen LogP contribution in [0.25, 0.3) is 0 Å². The second kappa shape index (κ2) is 7.86. The van der Waals surface area contributed by atoms with Crippen LogP contribution >= 0.6 is 0 Å². The number of hydrogen-bond donors (Lipinski definition) is 1. The third kappa shape index (κ3) is 3.89. The van der Waals surface area contributed by atoms with E-state index in [9.17, 15) is 31.1 Å². The van der Waals surface area contributed by atoms with Gasteiger partial charge in [0.2, 0.25) is 5.82 Å². The van der Waals surface area contributed by atoms with E-state index in [4.69, 9.17) is 9.26 Å². The maximum absolute atomic E-state index is 13.8. The number of benzene rings is 2. The Morgan fingerprint density at radius 2 is 1.66 bits per heavy atom. The molecule has 2 aromatic carbocycles. The molecule has 11 heteroatoms. The van der Waals surface area contributed by atoms with Crippen molar-refractivity contribution < 1.29 is 40.4 Å². The van der Waals surface area contributed by atoms with Crippen LogP contribution < -0.4 is 10.1 Å². The normalized spacial score (nSPS) is 10.9. The number of anilines is 1. The Morgan fingerprint density at radius 1 is 1.03 bits per heavy atom. The van der Waals surface area contributed by atoms with Crippen LogP contribution in [0.4, 0.5) is 32.0 Å². The Labute approximate surface area is 158 Å². The number of carbonyl (C=O) groups is 1. The van der Waals surface area contributed by atoms with Crippen LogP contribution in [-0.4, -0.2) is 11.1 Å². The van der Waals surface area contributed by atoms with Crippen LogP contribution in [0.15, 0.2) is 28.8 Å². The monoisotopic (exact) mass is 416 g/mol. The van der Waals surface area contributed by atoms with Gasteiger partial charge in [0.25, 0.3) is 5.91 Å². The van der Waals surface area contributed by atoms with Crippen molar-refractivity contribution in [3.8, 4) is 5.75 Å². The van der Waals surface area contributed by atoms with Crippen molar-refractivity contribution >= 4 is 11.6 Å². The van der Waals surface area contributed by atoms with Crippen LogP contribution in [0.1, 0.15) is 21.8 Å². The average molecular weight is 416 g/mol. The molecular formula is C18H10F6N2O3. The van der Waals surface area contributed by atoms with E-state index < -0.39 is 52.2 Å². The van der Waals surface area contributed by atoms with Gasteiger partial charge in [-0.2, -0.15) is 0 Å². The van der Waals surface area contributed by atoms with E-state index in [1.807, 2.05) is 0 Å². The molecule has 0 spiro atoms. The van der Waals surface area contributed by atoms with E-state index >= 15 is 0 Å². The second-order valence-electron chi connectivity index (χ2n) is 5.71. The Bertz CT molecular complexity index is 1070. The van der Waals surface area contributed by atoms with E-state index in [1.54, 1.807) is 5.32 Å². The van der Waals surface area contributed by atoms with Gasteiger partial charge in [-0.15, -0.1) is 0 Å². The van der Waals surface area contributed by atoms with Crippen molar-refractivity contribution in [2.75, 3.05) is 5.32 Å². The molecule has 3 rings (SSSR count). The molecule has 1 amide bonds. The lowest BCUT2D eigenvalue weighted by atomic mass is 10.2. The molecule has 0 aliphatic heterocycles. The molecule has 1 N–H and O–H groups in total. The molecule has 3 aromatic rings. The molecule has 0 bridgehead atoms. The zero-order valence-electron chi connectivity index (χ0n) is 14.5. The van der Waals surface area contributed by atoms with Gasteiger partial charge in [-0.05, 0) is 19.1 Å². The van der Waals surface area contributed by atoms with Gasteiger partial charge in [0.1, 0.15) is 29.6 Å². The highest BCUT2D eigenvalue weighted by Gasteiger charge is 2.29. The summed E-state index contributed by atoms with van der Waals surface area (Å²) in [5.41, 5.74) is -2.03. The summed E-state index contributed by atoms with van der Waals surface area (Å²) < 4.78 is 90.5. The zero-order chi connectivity index (χ0) is 21.3. The van der Waals surface area contributed by atoms with Crippen molar-refractivity contribution in [2.45, 2.75) is 13.5 Å². The highest BCUT2D eigenvalue weighted by Crippen LogP contribution is 2.28. The molecule has 0 saturated heterocycles. The highest BCUT2D eigenvalue weighted by atomic mass is 19.2. The number of rotatable bonds is 5. The molecule has 0 atom stereocenters.